The third-order valence-corrected chi connectivity index (χ3v) is 3.34. The molecule has 0 spiro atoms. The molecule has 0 fully saturated rings. The topological polar surface area (TPSA) is 54.5 Å². The van der Waals surface area contributed by atoms with Gasteiger partial charge in [0.25, 0.3) is 0 Å². The van der Waals surface area contributed by atoms with Crippen molar-refractivity contribution in [3.63, 3.8) is 0 Å². The highest BCUT2D eigenvalue weighted by Gasteiger charge is 2.11. The van der Waals surface area contributed by atoms with Crippen molar-refractivity contribution >= 4 is 21.8 Å². The Morgan fingerprint density at radius 1 is 1.05 bits per heavy atom. The molecule has 0 amide bonds. The fraction of sp³-hybridized carbons (Fsp3) is 0.200. The number of H-pyrrole nitrogens is 1. The van der Waals surface area contributed by atoms with Gasteiger partial charge >= 0.3 is 0 Å². The van der Waals surface area contributed by atoms with Crippen LogP contribution in [0.2, 0.25) is 0 Å². The summed E-state index contributed by atoms with van der Waals surface area (Å²) in [5.41, 5.74) is 2.78. The molecule has 1 heterocycles. The van der Waals surface area contributed by atoms with Crippen molar-refractivity contribution in [2.75, 3.05) is 14.2 Å². The smallest absolute Gasteiger partial charge is 0.143 e. The van der Waals surface area contributed by atoms with Gasteiger partial charge < -0.3 is 19.6 Å². The molecule has 19 heavy (non-hydrogen) atoms. The van der Waals surface area contributed by atoms with E-state index in [0.29, 0.717) is 0 Å². The maximum Gasteiger partial charge on any atom is 0.143 e. The molecule has 1 aromatic heterocycles. The summed E-state index contributed by atoms with van der Waals surface area (Å²) in [4.78, 5) is 3.34. The van der Waals surface area contributed by atoms with Crippen LogP contribution in [0.15, 0.2) is 30.3 Å². The van der Waals surface area contributed by atoms with Gasteiger partial charge in [-0.05, 0) is 35.9 Å². The Bertz CT molecular complexity index is 746. The van der Waals surface area contributed by atoms with Crippen LogP contribution < -0.4 is 9.47 Å². The second-order valence-electron chi connectivity index (χ2n) is 4.42. The van der Waals surface area contributed by atoms with Crippen molar-refractivity contribution < 1.29 is 14.6 Å². The Balaban J connectivity index is 2.41. The van der Waals surface area contributed by atoms with Gasteiger partial charge in [0.2, 0.25) is 0 Å². The van der Waals surface area contributed by atoms with Crippen molar-refractivity contribution in [2.45, 2.75) is 6.61 Å². The first-order valence-corrected chi connectivity index (χ1v) is 6.04. The second-order valence-corrected chi connectivity index (χ2v) is 4.42. The summed E-state index contributed by atoms with van der Waals surface area (Å²) < 4.78 is 10.6. The standard InChI is InChI=1S/C15H15NO3/c1-18-10-3-4-13-11(7-10)12-5-9(8-17)6-14(19-2)15(12)16-13/h3-7,16-17H,8H2,1-2H3. The lowest BCUT2D eigenvalue weighted by atomic mass is 10.1. The Labute approximate surface area is 110 Å². The largest absolute Gasteiger partial charge is 0.497 e. The van der Waals surface area contributed by atoms with Crippen LogP contribution in [0.4, 0.5) is 0 Å². The summed E-state index contributed by atoms with van der Waals surface area (Å²) >= 11 is 0. The average molecular weight is 257 g/mol. The van der Waals surface area contributed by atoms with Gasteiger partial charge in [-0.1, -0.05) is 0 Å². The third-order valence-electron chi connectivity index (χ3n) is 3.34. The maximum absolute atomic E-state index is 9.34. The minimum Gasteiger partial charge on any atom is -0.497 e. The van der Waals surface area contributed by atoms with Gasteiger partial charge in [0, 0.05) is 16.3 Å². The van der Waals surface area contributed by atoms with Gasteiger partial charge in [-0.15, -0.1) is 0 Å². The lowest BCUT2D eigenvalue weighted by molar-refractivity contribution is 0.281. The van der Waals surface area contributed by atoms with E-state index in [1.165, 1.54) is 0 Å². The third kappa shape index (κ3) is 1.81. The minimum atomic E-state index is -0.0110. The van der Waals surface area contributed by atoms with E-state index in [4.69, 9.17) is 9.47 Å². The average Bonchev–Trinajstić information content (AvgIpc) is 2.83. The Kier molecular flexibility index (Phi) is 2.80. The molecule has 4 heteroatoms. The first-order valence-electron chi connectivity index (χ1n) is 6.04. The first kappa shape index (κ1) is 11.9. The van der Waals surface area contributed by atoms with Crippen molar-refractivity contribution in [1.29, 1.82) is 0 Å². The normalized spacial score (nSPS) is 11.1. The molecular formula is C15H15NO3. The van der Waals surface area contributed by atoms with Gasteiger partial charge in [0.15, 0.2) is 0 Å². The van der Waals surface area contributed by atoms with Crippen LogP contribution in [-0.4, -0.2) is 24.3 Å². The molecule has 0 atom stereocenters. The summed E-state index contributed by atoms with van der Waals surface area (Å²) in [7, 11) is 3.28. The molecule has 4 nitrogen and oxygen atoms in total. The van der Waals surface area contributed by atoms with E-state index in [2.05, 4.69) is 4.98 Å². The molecule has 0 aliphatic carbocycles. The van der Waals surface area contributed by atoms with Gasteiger partial charge in [-0.2, -0.15) is 0 Å². The van der Waals surface area contributed by atoms with Crippen LogP contribution in [0.25, 0.3) is 21.8 Å². The van der Waals surface area contributed by atoms with Crippen LogP contribution in [0.5, 0.6) is 11.5 Å². The Morgan fingerprint density at radius 2 is 1.89 bits per heavy atom. The zero-order chi connectivity index (χ0) is 13.4. The van der Waals surface area contributed by atoms with Crippen LogP contribution >= 0.6 is 0 Å². The van der Waals surface area contributed by atoms with Crippen LogP contribution in [0.1, 0.15) is 5.56 Å². The molecule has 98 valence electrons. The number of hydrogen-bond donors (Lipinski definition) is 2. The van der Waals surface area contributed by atoms with E-state index in [1.807, 2.05) is 30.3 Å². The van der Waals surface area contributed by atoms with Gasteiger partial charge in [-0.3, -0.25) is 0 Å². The highest BCUT2D eigenvalue weighted by Crippen LogP contribution is 2.34. The number of rotatable bonds is 3. The molecule has 0 saturated heterocycles. The maximum atomic E-state index is 9.34. The molecule has 0 aliphatic rings. The number of ether oxygens (including phenoxy) is 2. The van der Waals surface area contributed by atoms with Crippen molar-refractivity contribution in [2.24, 2.45) is 0 Å². The van der Waals surface area contributed by atoms with E-state index in [-0.39, 0.29) is 6.61 Å². The van der Waals surface area contributed by atoms with Crippen molar-refractivity contribution in [3.05, 3.63) is 35.9 Å². The summed E-state index contributed by atoms with van der Waals surface area (Å²) in [6.45, 7) is -0.0110. The van der Waals surface area contributed by atoms with E-state index in [9.17, 15) is 5.11 Å². The first-order chi connectivity index (χ1) is 9.26. The number of aliphatic hydroxyl groups is 1. The number of aromatic nitrogens is 1. The summed E-state index contributed by atoms with van der Waals surface area (Å²) in [6, 6.07) is 9.68. The minimum absolute atomic E-state index is 0.0110. The number of fused-ring (bicyclic) bond motifs is 3. The number of aliphatic hydroxyl groups excluding tert-OH is 1. The van der Waals surface area contributed by atoms with Gasteiger partial charge in [-0.25, -0.2) is 0 Å². The predicted octanol–water partition coefficient (Wildman–Crippen LogP) is 2.83. The van der Waals surface area contributed by atoms with Crippen LogP contribution in [0, 0.1) is 0 Å². The SMILES string of the molecule is COc1ccc2[nH]c3c(OC)cc(CO)cc3c2c1. The van der Waals surface area contributed by atoms with Crippen LogP contribution in [-0.2, 0) is 6.61 Å². The van der Waals surface area contributed by atoms with Crippen LogP contribution in [0.3, 0.4) is 0 Å². The molecule has 3 rings (SSSR count). The lowest BCUT2D eigenvalue weighted by Gasteiger charge is -2.04. The van der Waals surface area contributed by atoms with Crippen molar-refractivity contribution in [3.8, 4) is 11.5 Å². The molecule has 0 bridgehead atoms. The van der Waals surface area contributed by atoms with Gasteiger partial charge in [0.1, 0.15) is 11.5 Å². The number of aromatic amines is 1. The Hall–Kier alpha value is -2.20. The van der Waals surface area contributed by atoms with Crippen molar-refractivity contribution in [1.82, 2.24) is 4.98 Å². The fourth-order valence-corrected chi connectivity index (χ4v) is 2.38. The monoisotopic (exact) mass is 257 g/mol. The van der Waals surface area contributed by atoms with E-state index < -0.39 is 0 Å². The molecule has 2 N–H and O–H groups in total. The molecule has 3 aromatic rings. The highest BCUT2D eigenvalue weighted by atomic mass is 16.5. The van der Waals surface area contributed by atoms with E-state index in [0.717, 1.165) is 38.9 Å². The van der Waals surface area contributed by atoms with Gasteiger partial charge in [0.05, 0.1) is 26.3 Å². The molecule has 0 aliphatic heterocycles. The summed E-state index contributed by atoms with van der Waals surface area (Å²) in [5.74, 6) is 1.54. The number of nitrogens with one attached hydrogen (secondary N) is 1. The summed E-state index contributed by atoms with van der Waals surface area (Å²) in [6.07, 6.45) is 0. The summed E-state index contributed by atoms with van der Waals surface area (Å²) in [5, 5.41) is 11.4. The van der Waals surface area contributed by atoms with E-state index >= 15 is 0 Å². The molecule has 2 aromatic carbocycles. The highest BCUT2D eigenvalue weighted by molar-refractivity contribution is 6.09. The number of hydrogen-bond acceptors (Lipinski definition) is 3. The quantitative estimate of drug-likeness (QED) is 0.758. The predicted molar refractivity (Wildman–Crippen MR) is 74.8 cm³/mol. The number of benzene rings is 2. The lowest BCUT2D eigenvalue weighted by Crippen LogP contribution is -1.88. The molecular weight excluding hydrogens is 242 g/mol. The molecule has 0 radical (unpaired) electrons. The second kappa shape index (κ2) is 4.48. The van der Waals surface area contributed by atoms with E-state index in [1.54, 1.807) is 14.2 Å². The zero-order valence-electron chi connectivity index (χ0n) is 10.9. The molecule has 0 saturated carbocycles. The number of methoxy groups -OCH3 is 2. The zero-order valence-corrected chi connectivity index (χ0v) is 10.9. The Morgan fingerprint density at radius 3 is 2.58 bits per heavy atom. The molecule has 0 unspecified atom stereocenters. The fourth-order valence-electron chi connectivity index (χ4n) is 2.38.